The minimum Gasteiger partial charge on any atom is -0.314 e. The molecule has 1 aromatic rings. The van der Waals surface area contributed by atoms with E-state index >= 15 is 0 Å². The van der Waals surface area contributed by atoms with Crippen molar-refractivity contribution in [2.45, 2.75) is 11.8 Å². The van der Waals surface area contributed by atoms with E-state index in [2.05, 4.69) is 14.9 Å². The van der Waals surface area contributed by atoms with Crippen LogP contribution in [-0.4, -0.2) is 57.5 Å². The number of piperazine rings is 1. The summed E-state index contributed by atoms with van der Waals surface area (Å²) in [4.78, 5) is 12.4. The van der Waals surface area contributed by atoms with Crippen molar-refractivity contribution in [3.05, 3.63) is 33.9 Å². The third-order valence-electron chi connectivity index (χ3n) is 3.59. The first-order valence-corrected chi connectivity index (χ1v) is 8.56. The highest BCUT2D eigenvalue weighted by atomic mass is 32.2. The summed E-state index contributed by atoms with van der Waals surface area (Å²) in [7, 11) is -3.65. The molecule has 0 radical (unpaired) electrons. The molecule has 1 aliphatic rings. The monoisotopic (exact) mass is 328 g/mol. The van der Waals surface area contributed by atoms with E-state index in [0.717, 1.165) is 26.2 Å². The molecule has 2 rings (SSSR count). The van der Waals surface area contributed by atoms with Gasteiger partial charge in [-0.05, 0) is 18.6 Å². The van der Waals surface area contributed by atoms with Crippen molar-refractivity contribution < 1.29 is 13.3 Å². The van der Waals surface area contributed by atoms with Crippen LogP contribution >= 0.6 is 0 Å². The highest BCUT2D eigenvalue weighted by molar-refractivity contribution is 7.89. The van der Waals surface area contributed by atoms with Gasteiger partial charge in [0.1, 0.15) is 0 Å². The minimum atomic E-state index is -3.65. The zero-order valence-corrected chi connectivity index (χ0v) is 13.2. The molecule has 0 spiro atoms. The second kappa shape index (κ2) is 7.14. The molecule has 1 heterocycles. The third-order valence-corrected chi connectivity index (χ3v) is 5.21. The number of nitro groups is 1. The number of hydrogen-bond acceptors (Lipinski definition) is 6. The molecule has 8 nitrogen and oxygen atoms in total. The van der Waals surface area contributed by atoms with Gasteiger partial charge in [-0.25, -0.2) is 13.1 Å². The quantitative estimate of drug-likeness (QED) is 0.566. The lowest BCUT2D eigenvalue weighted by molar-refractivity contribution is -0.385. The molecule has 1 aliphatic heterocycles. The van der Waals surface area contributed by atoms with Gasteiger partial charge in [0.25, 0.3) is 5.69 Å². The van der Waals surface area contributed by atoms with E-state index in [1.807, 2.05) is 0 Å². The molecule has 1 saturated heterocycles. The van der Waals surface area contributed by atoms with Crippen molar-refractivity contribution >= 4 is 15.7 Å². The average molecular weight is 328 g/mol. The number of benzene rings is 1. The van der Waals surface area contributed by atoms with Gasteiger partial charge in [0, 0.05) is 51.4 Å². The van der Waals surface area contributed by atoms with Gasteiger partial charge in [-0.2, -0.15) is 0 Å². The van der Waals surface area contributed by atoms with Crippen LogP contribution in [0.5, 0.6) is 0 Å². The Morgan fingerprint density at radius 2 is 2.05 bits per heavy atom. The van der Waals surface area contributed by atoms with Crippen molar-refractivity contribution in [1.29, 1.82) is 0 Å². The van der Waals surface area contributed by atoms with Crippen LogP contribution < -0.4 is 10.0 Å². The topological polar surface area (TPSA) is 105 Å². The summed E-state index contributed by atoms with van der Waals surface area (Å²) in [6.45, 7) is 6.14. The minimum absolute atomic E-state index is 0.0819. The maximum atomic E-state index is 12.3. The van der Waals surface area contributed by atoms with Crippen molar-refractivity contribution in [1.82, 2.24) is 14.9 Å². The maximum Gasteiger partial charge on any atom is 0.269 e. The molecule has 0 bridgehead atoms. The lowest BCUT2D eigenvalue weighted by Gasteiger charge is -2.27. The number of nitrogens with one attached hydrogen (secondary N) is 2. The Kier molecular flexibility index (Phi) is 5.46. The molecule has 1 fully saturated rings. The number of sulfonamides is 1. The fraction of sp³-hybridized carbons (Fsp3) is 0.538. The van der Waals surface area contributed by atoms with Gasteiger partial charge in [0.2, 0.25) is 10.0 Å². The first kappa shape index (κ1) is 16.8. The van der Waals surface area contributed by atoms with Crippen LogP contribution in [-0.2, 0) is 10.0 Å². The fourth-order valence-electron chi connectivity index (χ4n) is 2.40. The molecule has 22 heavy (non-hydrogen) atoms. The number of nitrogens with zero attached hydrogens (tertiary/aromatic N) is 2. The van der Waals surface area contributed by atoms with E-state index in [0.29, 0.717) is 18.7 Å². The number of non-ortho nitro benzene ring substituents is 1. The Morgan fingerprint density at radius 3 is 2.64 bits per heavy atom. The second-order valence-electron chi connectivity index (χ2n) is 5.20. The number of hydrogen-bond donors (Lipinski definition) is 2. The SMILES string of the molecule is Cc1cc([N+](=O)[O-])ccc1S(=O)(=O)NCCN1CCNCC1. The van der Waals surface area contributed by atoms with Crippen LogP contribution in [0.15, 0.2) is 23.1 Å². The van der Waals surface area contributed by atoms with Crippen molar-refractivity contribution in [2.24, 2.45) is 0 Å². The molecule has 0 amide bonds. The van der Waals surface area contributed by atoms with Gasteiger partial charge in [-0.3, -0.25) is 15.0 Å². The molecule has 0 unspecified atom stereocenters. The van der Waals surface area contributed by atoms with Gasteiger partial charge >= 0.3 is 0 Å². The molecule has 0 saturated carbocycles. The number of nitro benzene ring substituents is 1. The standard InChI is InChI=1S/C13H20N4O4S/c1-11-10-12(17(18)19)2-3-13(11)22(20,21)15-6-9-16-7-4-14-5-8-16/h2-3,10,14-15H,4-9H2,1H3. The van der Waals surface area contributed by atoms with Crippen molar-refractivity contribution in [2.75, 3.05) is 39.3 Å². The molecule has 0 aliphatic carbocycles. The first-order valence-electron chi connectivity index (χ1n) is 7.08. The predicted octanol–water partition coefficient (Wildman–Crippen LogP) is 0.0867. The molecular formula is C13H20N4O4S. The van der Waals surface area contributed by atoms with Crippen LogP contribution in [0, 0.1) is 17.0 Å². The summed E-state index contributed by atoms with van der Waals surface area (Å²) in [5, 5.41) is 13.9. The van der Waals surface area contributed by atoms with Crippen LogP contribution in [0.4, 0.5) is 5.69 Å². The zero-order chi connectivity index (χ0) is 16.2. The van der Waals surface area contributed by atoms with Gasteiger partial charge in [-0.15, -0.1) is 0 Å². The second-order valence-corrected chi connectivity index (χ2v) is 6.93. The van der Waals surface area contributed by atoms with E-state index in [4.69, 9.17) is 0 Å². The zero-order valence-electron chi connectivity index (χ0n) is 12.4. The molecular weight excluding hydrogens is 308 g/mol. The van der Waals surface area contributed by atoms with Gasteiger partial charge in [0.15, 0.2) is 0 Å². The highest BCUT2D eigenvalue weighted by Gasteiger charge is 2.19. The molecule has 2 N–H and O–H groups in total. The normalized spacial score (nSPS) is 16.6. The summed E-state index contributed by atoms with van der Waals surface area (Å²) < 4.78 is 27.1. The summed E-state index contributed by atoms with van der Waals surface area (Å²) in [5.41, 5.74) is 0.251. The summed E-state index contributed by atoms with van der Waals surface area (Å²) in [5.74, 6) is 0. The Bertz CT molecular complexity index is 641. The molecule has 0 atom stereocenters. The Morgan fingerprint density at radius 1 is 1.36 bits per heavy atom. The van der Waals surface area contributed by atoms with Gasteiger partial charge in [-0.1, -0.05) is 0 Å². The van der Waals surface area contributed by atoms with E-state index in [1.54, 1.807) is 6.92 Å². The summed E-state index contributed by atoms with van der Waals surface area (Å²) in [6, 6.07) is 3.75. The Labute approximate surface area is 129 Å². The first-order chi connectivity index (χ1) is 10.4. The highest BCUT2D eigenvalue weighted by Crippen LogP contribution is 2.20. The van der Waals surface area contributed by atoms with Crippen LogP contribution in [0.25, 0.3) is 0 Å². The molecule has 0 aromatic heterocycles. The molecule has 122 valence electrons. The summed E-state index contributed by atoms with van der Waals surface area (Å²) in [6.07, 6.45) is 0. The smallest absolute Gasteiger partial charge is 0.269 e. The summed E-state index contributed by atoms with van der Waals surface area (Å²) >= 11 is 0. The van der Waals surface area contributed by atoms with Gasteiger partial charge < -0.3 is 5.32 Å². The molecule has 1 aromatic carbocycles. The fourth-order valence-corrected chi connectivity index (χ4v) is 3.64. The largest absolute Gasteiger partial charge is 0.314 e. The maximum absolute atomic E-state index is 12.3. The lowest BCUT2D eigenvalue weighted by atomic mass is 10.2. The van der Waals surface area contributed by atoms with E-state index in [1.165, 1.54) is 18.2 Å². The molecule has 9 heteroatoms. The third kappa shape index (κ3) is 4.23. The van der Waals surface area contributed by atoms with E-state index < -0.39 is 14.9 Å². The van der Waals surface area contributed by atoms with Crippen molar-refractivity contribution in [3.8, 4) is 0 Å². The Hall–Kier alpha value is -1.55. The van der Waals surface area contributed by atoms with Crippen LogP contribution in [0.3, 0.4) is 0 Å². The van der Waals surface area contributed by atoms with E-state index in [9.17, 15) is 18.5 Å². The van der Waals surface area contributed by atoms with Crippen LogP contribution in [0.2, 0.25) is 0 Å². The average Bonchev–Trinajstić information content (AvgIpc) is 2.47. The Balaban J connectivity index is 1.99. The van der Waals surface area contributed by atoms with E-state index in [-0.39, 0.29) is 10.6 Å². The van der Waals surface area contributed by atoms with Crippen LogP contribution in [0.1, 0.15) is 5.56 Å². The number of aryl methyl sites for hydroxylation is 1. The van der Waals surface area contributed by atoms with Crippen molar-refractivity contribution in [3.63, 3.8) is 0 Å². The van der Waals surface area contributed by atoms with Gasteiger partial charge in [0.05, 0.1) is 9.82 Å². The predicted molar refractivity (Wildman–Crippen MR) is 82.3 cm³/mol. The number of rotatable bonds is 6. The lowest BCUT2D eigenvalue weighted by Crippen LogP contribution is -2.46.